The standard InChI is InChI=1S/C26H30N6O/c1-33-23-8-6-20(7-9-23)10-15-31-16-11-21(12-17-31)29-26-30-24-4-2-3-5-25(24)32(26)19-22-18-27-13-14-28-22/h2-9,13-14,18,21H,10-12,15-17,19H2,1H3,(H,29,30). The van der Waals surface area contributed by atoms with Gasteiger partial charge in [0.25, 0.3) is 0 Å². The van der Waals surface area contributed by atoms with Crippen molar-refractivity contribution in [2.75, 3.05) is 32.1 Å². The number of hydrogen-bond acceptors (Lipinski definition) is 6. The van der Waals surface area contributed by atoms with E-state index in [0.29, 0.717) is 12.6 Å². The minimum absolute atomic E-state index is 0.416. The molecular formula is C26H30N6O. The number of imidazole rings is 1. The number of benzene rings is 2. The summed E-state index contributed by atoms with van der Waals surface area (Å²) in [6, 6.07) is 17.1. The number of hydrogen-bond donors (Lipinski definition) is 1. The Kier molecular flexibility index (Phi) is 6.48. The summed E-state index contributed by atoms with van der Waals surface area (Å²) >= 11 is 0. The summed E-state index contributed by atoms with van der Waals surface area (Å²) in [5.74, 6) is 1.83. The first-order valence-electron chi connectivity index (χ1n) is 11.6. The first-order valence-corrected chi connectivity index (χ1v) is 11.6. The van der Waals surface area contributed by atoms with Gasteiger partial charge in [-0.15, -0.1) is 0 Å². The van der Waals surface area contributed by atoms with Gasteiger partial charge in [-0.05, 0) is 49.1 Å². The highest BCUT2D eigenvalue weighted by atomic mass is 16.5. The molecule has 0 amide bonds. The van der Waals surface area contributed by atoms with Crippen LogP contribution in [0.4, 0.5) is 5.95 Å². The molecule has 1 N–H and O–H groups in total. The van der Waals surface area contributed by atoms with Gasteiger partial charge in [0.05, 0.1) is 36.6 Å². The highest BCUT2D eigenvalue weighted by Crippen LogP contribution is 2.23. The van der Waals surface area contributed by atoms with Crippen molar-refractivity contribution in [2.45, 2.75) is 31.8 Å². The van der Waals surface area contributed by atoms with Gasteiger partial charge in [0.1, 0.15) is 5.75 Å². The van der Waals surface area contributed by atoms with Crippen LogP contribution in [0.5, 0.6) is 5.75 Å². The van der Waals surface area contributed by atoms with Crippen molar-refractivity contribution in [3.05, 3.63) is 78.4 Å². The molecule has 170 valence electrons. The predicted octanol–water partition coefficient (Wildman–Crippen LogP) is 4.00. The number of aromatic nitrogens is 4. The van der Waals surface area contributed by atoms with Crippen molar-refractivity contribution in [2.24, 2.45) is 0 Å². The SMILES string of the molecule is COc1ccc(CCN2CCC(Nc3nc4ccccc4n3Cc3cnccn3)CC2)cc1. The maximum Gasteiger partial charge on any atom is 0.204 e. The second-order valence-corrected chi connectivity index (χ2v) is 8.57. The van der Waals surface area contributed by atoms with Gasteiger partial charge in [-0.1, -0.05) is 24.3 Å². The zero-order valence-corrected chi connectivity index (χ0v) is 19.0. The van der Waals surface area contributed by atoms with Gasteiger partial charge in [-0.2, -0.15) is 0 Å². The maximum absolute atomic E-state index is 5.25. The monoisotopic (exact) mass is 442 g/mol. The van der Waals surface area contributed by atoms with E-state index < -0.39 is 0 Å². The van der Waals surface area contributed by atoms with Gasteiger partial charge in [0.15, 0.2) is 0 Å². The number of anilines is 1. The summed E-state index contributed by atoms with van der Waals surface area (Å²) in [6.07, 6.45) is 8.55. The molecule has 1 fully saturated rings. The van der Waals surface area contributed by atoms with Crippen molar-refractivity contribution in [1.29, 1.82) is 0 Å². The van der Waals surface area contributed by atoms with Gasteiger partial charge >= 0.3 is 0 Å². The number of rotatable bonds is 8. The molecule has 0 unspecified atom stereocenters. The van der Waals surface area contributed by atoms with E-state index in [-0.39, 0.29) is 0 Å². The zero-order valence-electron chi connectivity index (χ0n) is 19.0. The van der Waals surface area contributed by atoms with Crippen molar-refractivity contribution in [3.8, 4) is 5.75 Å². The lowest BCUT2D eigenvalue weighted by Gasteiger charge is -2.32. The Hall–Kier alpha value is -3.45. The molecule has 2 aromatic heterocycles. The van der Waals surface area contributed by atoms with Crippen LogP contribution >= 0.6 is 0 Å². The first kappa shape index (κ1) is 21.4. The molecule has 3 heterocycles. The zero-order chi connectivity index (χ0) is 22.5. The van der Waals surface area contributed by atoms with E-state index >= 15 is 0 Å². The Balaban J connectivity index is 1.20. The summed E-state index contributed by atoms with van der Waals surface area (Å²) in [7, 11) is 1.71. The molecular weight excluding hydrogens is 412 g/mol. The van der Waals surface area contributed by atoms with Crippen LogP contribution in [0.25, 0.3) is 11.0 Å². The third-order valence-corrected chi connectivity index (χ3v) is 6.39. The Bertz CT molecular complexity index is 1170. The molecule has 7 heteroatoms. The van der Waals surface area contributed by atoms with Crippen LogP contribution in [-0.4, -0.2) is 57.2 Å². The average molecular weight is 443 g/mol. The van der Waals surface area contributed by atoms with Crippen molar-refractivity contribution in [1.82, 2.24) is 24.4 Å². The number of piperidine rings is 1. The van der Waals surface area contributed by atoms with Crippen LogP contribution in [0.15, 0.2) is 67.1 Å². The molecule has 1 aliphatic heterocycles. The van der Waals surface area contributed by atoms with E-state index in [1.807, 2.05) is 24.4 Å². The van der Waals surface area contributed by atoms with Crippen molar-refractivity contribution in [3.63, 3.8) is 0 Å². The molecule has 2 aromatic carbocycles. The number of para-hydroxylation sites is 2. The molecule has 0 radical (unpaired) electrons. The van der Waals surface area contributed by atoms with E-state index in [9.17, 15) is 0 Å². The lowest BCUT2D eigenvalue weighted by atomic mass is 10.0. The molecule has 1 saturated heterocycles. The minimum atomic E-state index is 0.416. The number of nitrogens with zero attached hydrogens (tertiary/aromatic N) is 5. The molecule has 0 aliphatic carbocycles. The second kappa shape index (κ2) is 10.0. The van der Waals surface area contributed by atoms with E-state index in [1.54, 1.807) is 19.5 Å². The fourth-order valence-electron chi connectivity index (χ4n) is 4.48. The lowest BCUT2D eigenvalue weighted by Crippen LogP contribution is -2.40. The second-order valence-electron chi connectivity index (χ2n) is 8.57. The first-order chi connectivity index (χ1) is 16.3. The molecule has 0 bridgehead atoms. The highest BCUT2D eigenvalue weighted by molar-refractivity contribution is 5.78. The fourth-order valence-corrected chi connectivity index (χ4v) is 4.48. The summed E-state index contributed by atoms with van der Waals surface area (Å²) in [5, 5.41) is 3.73. The number of methoxy groups -OCH3 is 1. The van der Waals surface area contributed by atoms with E-state index in [4.69, 9.17) is 9.72 Å². The van der Waals surface area contributed by atoms with Crippen LogP contribution in [-0.2, 0) is 13.0 Å². The Morgan fingerprint density at radius 2 is 1.85 bits per heavy atom. The van der Waals surface area contributed by atoms with Gasteiger partial charge in [-0.3, -0.25) is 9.97 Å². The van der Waals surface area contributed by atoms with Crippen LogP contribution in [0.3, 0.4) is 0 Å². The molecule has 0 saturated carbocycles. The maximum atomic E-state index is 5.25. The topological polar surface area (TPSA) is 68.1 Å². The van der Waals surface area contributed by atoms with Gasteiger partial charge in [-0.25, -0.2) is 4.98 Å². The van der Waals surface area contributed by atoms with Gasteiger partial charge in [0.2, 0.25) is 5.95 Å². The molecule has 5 rings (SSSR count). The molecule has 0 spiro atoms. The Morgan fingerprint density at radius 1 is 1.03 bits per heavy atom. The smallest absolute Gasteiger partial charge is 0.204 e. The third kappa shape index (κ3) is 5.14. The predicted molar refractivity (Wildman–Crippen MR) is 131 cm³/mol. The highest BCUT2D eigenvalue weighted by Gasteiger charge is 2.21. The van der Waals surface area contributed by atoms with E-state index in [0.717, 1.165) is 67.3 Å². The fraction of sp³-hybridized carbons (Fsp3) is 0.346. The van der Waals surface area contributed by atoms with Crippen molar-refractivity contribution < 1.29 is 4.74 Å². The number of nitrogens with one attached hydrogen (secondary N) is 1. The van der Waals surface area contributed by atoms with E-state index in [1.165, 1.54) is 5.56 Å². The molecule has 0 atom stereocenters. The van der Waals surface area contributed by atoms with Crippen molar-refractivity contribution >= 4 is 17.0 Å². The minimum Gasteiger partial charge on any atom is -0.497 e. The summed E-state index contributed by atoms with van der Waals surface area (Å²) in [5.41, 5.74) is 4.40. The quantitative estimate of drug-likeness (QED) is 0.445. The number of likely N-dealkylation sites (tertiary alicyclic amines) is 1. The summed E-state index contributed by atoms with van der Waals surface area (Å²) in [4.78, 5) is 16.1. The molecule has 1 aliphatic rings. The average Bonchev–Trinajstić information content (AvgIpc) is 3.21. The molecule has 4 aromatic rings. The normalized spacial score (nSPS) is 15.1. The Labute approximate surface area is 194 Å². The number of fused-ring (bicyclic) bond motifs is 1. The lowest BCUT2D eigenvalue weighted by molar-refractivity contribution is 0.221. The third-order valence-electron chi connectivity index (χ3n) is 6.39. The van der Waals surface area contributed by atoms with Crippen LogP contribution < -0.4 is 10.1 Å². The molecule has 7 nitrogen and oxygen atoms in total. The summed E-state index contributed by atoms with van der Waals surface area (Å²) in [6.45, 7) is 3.93. The van der Waals surface area contributed by atoms with Gasteiger partial charge < -0.3 is 19.5 Å². The largest absolute Gasteiger partial charge is 0.497 e. The molecule has 33 heavy (non-hydrogen) atoms. The number of ether oxygens (including phenoxy) is 1. The van der Waals surface area contributed by atoms with Gasteiger partial charge in [0, 0.05) is 38.1 Å². The van der Waals surface area contributed by atoms with Crippen LogP contribution in [0.1, 0.15) is 24.1 Å². The van der Waals surface area contributed by atoms with Crippen LogP contribution in [0.2, 0.25) is 0 Å². The summed E-state index contributed by atoms with van der Waals surface area (Å²) < 4.78 is 7.47. The van der Waals surface area contributed by atoms with E-state index in [2.05, 4.69) is 55.1 Å². The van der Waals surface area contributed by atoms with Crippen LogP contribution in [0, 0.1) is 0 Å². The Morgan fingerprint density at radius 3 is 2.61 bits per heavy atom.